The van der Waals surface area contributed by atoms with E-state index in [4.69, 9.17) is 9.72 Å². The fraction of sp³-hybridized carbons (Fsp3) is 0.500. The third-order valence-electron chi connectivity index (χ3n) is 6.83. The van der Waals surface area contributed by atoms with E-state index in [1.54, 1.807) is 4.31 Å². The van der Waals surface area contributed by atoms with Crippen LogP contribution in [0.5, 0.6) is 0 Å². The molecule has 0 amide bonds. The molecule has 3 aliphatic heterocycles. The van der Waals surface area contributed by atoms with Crippen LogP contribution in [0.2, 0.25) is 0 Å². The minimum Gasteiger partial charge on any atom is -0.379 e. The molecule has 1 unspecified atom stereocenters. The SMILES string of the molecule is Cc1ccccc1C1=Cc2cnc(NC3CCN(S(C)(=O)=O)CC3)nc2N(C2CCOC2)C1. The summed E-state index contributed by atoms with van der Waals surface area (Å²) in [4.78, 5) is 11.9. The topological polar surface area (TPSA) is 87.7 Å². The predicted octanol–water partition coefficient (Wildman–Crippen LogP) is 2.77. The first-order valence-corrected chi connectivity index (χ1v) is 13.4. The minimum atomic E-state index is -3.13. The zero-order valence-corrected chi connectivity index (χ0v) is 20.0. The Bertz CT molecular complexity index is 1150. The highest BCUT2D eigenvalue weighted by molar-refractivity contribution is 7.88. The van der Waals surface area contributed by atoms with Crippen LogP contribution >= 0.6 is 0 Å². The molecule has 2 fully saturated rings. The number of aryl methyl sites for hydroxylation is 1. The van der Waals surface area contributed by atoms with E-state index in [1.807, 2.05) is 6.20 Å². The van der Waals surface area contributed by atoms with Gasteiger partial charge < -0.3 is 15.0 Å². The van der Waals surface area contributed by atoms with Crippen LogP contribution < -0.4 is 10.2 Å². The Balaban J connectivity index is 1.40. The Morgan fingerprint density at radius 3 is 2.64 bits per heavy atom. The first-order valence-electron chi connectivity index (χ1n) is 11.6. The van der Waals surface area contributed by atoms with Crippen LogP contribution in [0.3, 0.4) is 0 Å². The summed E-state index contributed by atoms with van der Waals surface area (Å²) in [6.45, 7) is 5.46. The van der Waals surface area contributed by atoms with Gasteiger partial charge in [-0.2, -0.15) is 4.98 Å². The summed E-state index contributed by atoms with van der Waals surface area (Å²) in [5, 5.41) is 3.44. The molecule has 1 aromatic heterocycles. The molecule has 2 saturated heterocycles. The quantitative estimate of drug-likeness (QED) is 0.720. The van der Waals surface area contributed by atoms with Gasteiger partial charge in [-0.15, -0.1) is 0 Å². The lowest BCUT2D eigenvalue weighted by Crippen LogP contribution is -2.42. The van der Waals surface area contributed by atoms with Crippen LogP contribution in [0.4, 0.5) is 11.8 Å². The Labute approximate surface area is 195 Å². The van der Waals surface area contributed by atoms with Crippen LogP contribution in [0.25, 0.3) is 11.6 Å². The van der Waals surface area contributed by atoms with Gasteiger partial charge in [0.2, 0.25) is 16.0 Å². The first-order chi connectivity index (χ1) is 15.9. The van der Waals surface area contributed by atoms with Gasteiger partial charge >= 0.3 is 0 Å². The second kappa shape index (κ2) is 9.04. The lowest BCUT2D eigenvalue weighted by molar-refractivity contribution is 0.193. The molecule has 9 heteroatoms. The maximum absolute atomic E-state index is 11.8. The molecule has 2 aromatic rings. The van der Waals surface area contributed by atoms with Gasteiger partial charge in [-0.25, -0.2) is 17.7 Å². The second-order valence-corrected chi connectivity index (χ2v) is 11.2. The number of hydrogen-bond acceptors (Lipinski definition) is 7. The molecule has 5 rings (SSSR count). The highest BCUT2D eigenvalue weighted by Crippen LogP contribution is 2.35. The summed E-state index contributed by atoms with van der Waals surface area (Å²) in [5.74, 6) is 1.54. The van der Waals surface area contributed by atoms with Crippen LogP contribution in [-0.4, -0.2) is 73.9 Å². The molecular weight excluding hydrogens is 438 g/mol. The van der Waals surface area contributed by atoms with Gasteiger partial charge in [0.05, 0.1) is 18.9 Å². The van der Waals surface area contributed by atoms with Crippen molar-refractivity contribution in [3.05, 3.63) is 47.2 Å². The average Bonchev–Trinajstić information content (AvgIpc) is 3.33. The van der Waals surface area contributed by atoms with Crippen molar-refractivity contribution in [1.82, 2.24) is 14.3 Å². The summed E-state index contributed by atoms with van der Waals surface area (Å²) < 4.78 is 30.8. The van der Waals surface area contributed by atoms with E-state index in [0.29, 0.717) is 25.6 Å². The number of rotatable bonds is 5. The third-order valence-corrected chi connectivity index (χ3v) is 8.14. The standard InChI is InChI=1S/C24H31N5O3S/c1-17-5-3-4-6-22(17)19-13-18-14-25-24(26-20-7-10-28(11-8-20)33(2,30)31)27-23(18)29(15-19)21-9-12-32-16-21/h3-6,13-14,20-21H,7-12,15-16H2,1-2H3,(H,25,26,27). The molecule has 3 aliphatic rings. The molecule has 1 N–H and O–H groups in total. The summed E-state index contributed by atoms with van der Waals surface area (Å²) in [6, 6.07) is 8.92. The predicted molar refractivity (Wildman–Crippen MR) is 131 cm³/mol. The van der Waals surface area contributed by atoms with E-state index in [0.717, 1.165) is 43.8 Å². The van der Waals surface area contributed by atoms with Crippen molar-refractivity contribution in [2.45, 2.75) is 38.3 Å². The lowest BCUT2D eigenvalue weighted by atomic mass is 9.95. The van der Waals surface area contributed by atoms with Crippen LogP contribution in [0, 0.1) is 6.92 Å². The number of sulfonamides is 1. The van der Waals surface area contributed by atoms with E-state index in [1.165, 1.54) is 23.0 Å². The van der Waals surface area contributed by atoms with Gasteiger partial charge in [0, 0.05) is 44.0 Å². The van der Waals surface area contributed by atoms with E-state index in [-0.39, 0.29) is 12.1 Å². The van der Waals surface area contributed by atoms with E-state index >= 15 is 0 Å². The van der Waals surface area contributed by atoms with Crippen molar-refractivity contribution in [3.63, 3.8) is 0 Å². The third kappa shape index (κ3) is 4.76. The molecule has 0 saturated carbocycles. The molecule has 0 aliphatic carbocycles. The number of aromatic nitrogens is 2. The summed E-state index contributed by atoms with van der Waals surface area (Å²) in [5.41, 5.74) is 4.80. The Morgan fingerprint density at radius 1 is 1.15 bits per heavy atom. The fourth-order valence-electron chi connectivity index (χ4n) is 4.96. The molecule has 0 radical (unpaired) electrons. The first kappa shape index (κ1) is 22.3. The maximum Gasteiger partial charge on any atom is 0.224 e. The fourth-order valence-corrected chi connectivity index (χ4v) is 5.83. The Morgan fingerprint density at radius 2 is 1.94 bits per heavy atom. The number of nitrogens with zero attached hydrogens (tertiary/aromatic N) is 4. The van der Waals surface area contributed by atoms with Gasteiger partial charge in [0.25, 0.3) is 0 Å². The van der Waals surface area contributed by atoms with Crippen molar-refractivity contribution in [2.24, 2.45) is 0 Å². The maximum atomic E-state index is 11.8. The van der Waals surface area contributed by atoms with Gasteiger partial charge in [0.15, 0.2) is 0 Å². The second-order valence-electron chi connectivity index (χ2n) is 9.18. The summed E-state index contributed by atoms with van der Waals surface area (Å²) in [6.07, 6.45) is 7.84. The highest BCUT2D eigenvalue weighted by Gasteiger charge is 2.31. The summed E-state index contributed by atoms with van der Waals surface area (Å²) >= 11 is 0. The number of nitrogens with one attached hydrogen (secondary N) is 1. The van der Waals surface area contributed by atoms with E-state index < -0.39 is 10.0 Å². The van der Waals surface area contributed by atoms with E-state index in [2.05, 4.69) is 52.5 Å². The molecule has 8 nitrogen and oxygen atoms in total. The largest absolute Gasteiger partial charge is 0.379 e. The van der Waals surface area contributed by atoms with Crippen molar-refractivity contribution >= 4 is 33.4 Å². The van der Waals surface area contributed by atoms with Crippen LogP contribution in [0.1, 0.15) is 36.0 Å². The van der Waals surface area contributed by atoms with Gasteiger partial charge in [-0.1, -0.05) is 24.3 Å². The number of piperidine rings is 1. The molecule has 4 heterocycles. The molecule has 176 valence electrons. The van der Waals surface area contributed by atoms with Crippen molar-refractivity contribution < 1.29 is 13.2 Å². The zero-order valence-electron chi connectivity index (χ0n) is 19.2. The summed E-state index contributed by atoms with van der Waals surface area (Å²) in [7, 11) is -3.13. The number of ether oxygens (including phenoxy) is 1. The monoisotopic (exact) mass is 469 g/mol. The Hall–Kier alpha value is -2.49. The molecule has 33 heavy (non-hydrogen) atoms. The molecular formula is C24H31N5O3S. The van der Waals surface area contributed by atoms with Crippen molar-refractivity contribution in [1.29, 1.82) is 0 Å². The smallest absolute Gasteiger partial charge is 0.224 e. The number of fused-ring (bicyclic) bond motifs is 1. The van der Waals surface area contributed by atoms with Crippen molar-refractivity contribution in [3.8, 4) is 0 Å². The number of benzene rings is 1. The van der Waals surface area contributed by atoms with Gasteiger partial charge in [-0.3, -0.25) is 0 Å². The lowest BCUT2D eigenvalue weighted by Gasteiger charge is -2.35. The molecule has 1 aromatic carbocycles. The molecule has 0 spiro atoms. The van der Waals surface area contributed by atoms with Gasteiger partial charge in [-0.05, 0) is 49.0 Å². The minimum absolute atomic E-state index is 0.158. The van der Waals surface area contributed by atoms with E-state index in [9.17, 15) is 8.42 Å². The van der Waals surface area contributed by atoms with Crippen LogP contribution in [0.15, 0.2) is 30.5 Å². The molecule has 1 atom stereocenters. The van der Waals surface area contributed by atoms with Crippen molar-refractivity contribution in [2.75, 3.05) is 49.3 Å². The Kier molecular flexibility index (Phi) is 6.11. The average molecular weight is 470 g/mol. The number of anilines is 2. The highest BCUT2D eigenvalue weighted by atomic mass is 32.2. The molecule has 0 bridgehead atoms. The normalized spacial score (nSPS) is 22.2. The van der Waals surface area contributed by atoms with Gasteiger partial charge in [0.1, 0.15) is 5.82 Å². The number of hydrogen-bond donors (Lipinski definition) is 1. The zero-order chi connectivity index (χ0) is 23.0. The van der Waals surface area contributed by atoms with Crippen LogP contribution in [-0.2, 0) is 14.8 Å².